The maximum absolute atomic E-state index is 5.56. The van der Waals surface area contributed by atoms with Crippen LogP contribution in [0.4, 0.5) is 0 Å². The summed E-state index contributed by atoms with van der Waals surface area (Å²) >= 11 is 0. The fourth-order valence-corrected chi connectivity index (χ4v) is 1.92. The van der Waals surface area contributed by atoms with Crippen LogP contribution in [-0.4, -0.2) is 26.4 Å². The number of hydrogen-bond acceptors (Lipinski definition) is 4. The van der Waals surface area contributed by atoms with E-state index < -0.39 is 0 Å². The molecule has 0 saturated heterocycles. The number of ether oxygens (including phenoxy) is 2. The average molecular weight is 214 g/mol. The highest BCUT2D eigenvalue weighted by molar-refractivity contribution is 5.09. The van der Waals surface area contributed by atoms with E-state index in [2.05, 4.69) is 12.3 Å². The van der Waals surface area contributed by atoms with Gasteiger partial charge in [0, 0.05) is 19.8 Å². The molecular weight excluding hydrogens is 192 g/mol. The lowest BCUT2D eigenvalue weighted by Gasteiger charge is -2.24. The molecule has 0 aromatic carbocycles. The van der Waals surface area contributed by atoms with Gasteiger partial charge < -0.3 is 9.47 Å². The minimum Gasteiger partial charge on any atom is -0.501 e. The number of nitrogens with two attached hydrogens (primary N) is 1. The minimum atomic E-state index is 0.218. The van der Waals surface area contributed by atoms with Gasteiger partial charge in [0.05, 0.1) is 12.9 Å². The van der Waals surface area contributed by atoms with E-state index in [1.165, 1.54) is 5.57 Å². The Balaban J connectivity index is 2.43. The maximum atomic E-state index is 5.56. The molecule has 2 atom stereocenters. The minimum absolute atomic E-state index is 0.218. The fraction of sp³-hybridized carbons (Fsp3) is 0.818. The van der Waals surface area contributed by atoms with E-state index >= 15 is 0 Å². The van der Waals surface area contributed by atoms with Crippen molar-refractivity contribution in [1.29, 1.82) is 0 Å². The summed E-state index contributed by atoms with van der Waals surface area (Å²) in [5, 5.41) is 0. The summed E-state index contributed by atoms with van der Waals surface area (Å²) in [6, 6.07) is 0.218. The molecule has 0 radical (unpaired) electrons. The molecule has 0 bridgehead atoms. The summed E-state index contributed by atoms with van der Waals surface area (Å²) in [5.74, 6) is 6.06. The van der Waals surface area contributed by atoms with E-state index in [-0.39, 0.29) is 6.04 Å². The highest BCUT2D eigenvalue weighted by Gasteiger charge is 2.18. The van der Waals surface area contributed by atoms with Crippen molar-refractivity contribution in [3.8, 4) is 0 Å². The molecule has 0 aromatic heterocycles. The molecule has 2 unspecified atom stereocenters. The zero-order valence-electron chi connectivity index (χ0n) is 9.66. The van der Waals surface area contributed by atoms with Crippen molar-refractivity contribution in [1.82, 2.24) is 5.43 Å². The standard InChI is InChI=1S/C11H22N2O2/c1-9(7-14-2)6-11(13-12)10-4-3-5-15-8-10/h8-9,11,13H,3-7,12H2,1-2H3. The van der Waals surface area contributed by atoms with Gasteiger partial charge in [0.15, 0.2) is 0 Å². The van der Waals surface area contributed by atoms with Crippen LogP contribution in [0.25, 0.3) is 0 Å². The number of methoxy groups -OCH3 is 1. The lowest BCUT2D eigenvalue weighted by molar-refractivity contribution is 0.149. The quantitative estimate of drug-likeness (QED) is 0.515. The van der Waals surface area contributed by atoms with Crippen LogP contribution in [0.1, 0.15) is 26.2 Å². The van der Waals surface area contributed by atoms with Crippen LogP contribution < -0.4 is 11.3 Å². The summed E-state index contributed by atoms with van der Waals surface area (Å²) in [5.41, 5.74) is 4.13. The van der Waals surface area contributed by atoms with E-state index in [9.17, 15) is 0 Å². The molecule has 4 nitrogen and oxygen atoms in total. The van der Waals surface area contributed by atoms with E-state index in [0.717, 1.165) is 32.5 Å². The molecule has 4 heteroatoms. The number of nitrogens with one attached hydrogen (secondary N) is 1. The van der Waals surface area contributed by atoms with Crippen molar-refractivity contribution in [2.45, 2.75) is 32.2 Å². The van der Waals surface area contributed by atoms with Crippen LogP contribution >= 0.6 is 0 Å². The fourth-order valence-electron chi connectivity index (χ4n) is 1.92. The third-order valence-electron chi connectivity index (χ3n) is 2.70. The Morgan fingerprint density at radius 1 is 1.67 bits per heavy atom. The van der Waals surface area contributed by atoms with Gasteiger partial charge in [0.1, 0.15) is 0 Å². The van der Waals surface area contributed by atoms with Gasteiger partial charge in [-0.3, -0.25) is 11.3 Å². The lowest BCUT2D eigenvalue weighted by atomic mass is 9.94. The molecule has 1 aliphatic heterocycles. The van der Waals surface area contributed by atoms with E-state index in [0.29, 0.717) is 5.92 Å². The van der Waals surface area contributed by atoms with Gasteiger partial charge in [-0.2, -0.15) is 0 Å². The Morgan fingerprint density at radius 3 is 3.00 bits per heavy atom. The van der Waals surface area contributed by atoms with Crippen molar-refractivity contribution in [2.24, 2.45) is 11.8 Å². The third kappa shape index (κ3) is 4.20. The molecule has 1 aliphatic rings. The first-order valence-electron chi connectivity index (χ1n) is 5.53. The van der Waals surface area contributed by atoms with E-state index in [4.69, 9.17) is 15.3 Å². The van der Waals surface area contributed by atoms with Gasteiger partial charge in [-0.15, -0.1) is 0 Å². The Bertz CT molecular complexity index is 207. The summed E-state index contributed by atoms with van der Waals surface area (Å²) in [4.78, 5) is 0. The van der Waals surface area contributed by atoms with Gasteiger partial charge in [0.2, 0.25) is 0 Å². The molecule has 0 fully saturated rings. The SMILES string of the molecule is COCC(C)CC(NN)C1=COCCC1. The molecule has 0 amide bonds. The van der Waals surface area contributed by atoms with Crippen LogP contribution in [0.5, 0.6) is 0 Å². The molecule has 3 N–H and O–H groups in total. The molecular formula is C11H22N2O2. The predicted molar refractivity (Wildman–Crippen MR) is 60.0 cm³/mol. The first-order chi connectivity index (χ1) is 7.27. The Labute approximate surface area is 91.8 Å². The smallest absolute Gasteiger partial charge is 0.0876 e. The second-order valence-electron chi connectivity index (χ2n) is 4.18. The number of hydrogen-bond donors (Lipinski definition) is 2. The first kappa shape index (κ1) is 12.5. The van der Waals surface area contributed by atoms with Gasteiger partial charge >= 0.3 is 0 Å². The van der Waals surface area contributed by atoms with Crippen LogP contribution in [0.2, 0.25) is 0 Å². The monoisotopic (exact) mass is 214 g/mol. The van der Waals surface area contributed by atoms with E-state index in [1.807, 2.05) is 6.26 Å². The molecule has 15 heavy (non-hydrogen) atoms. The van der Waals surface area contributed by atoms with Crippen LogP contribution in [0.3, 0.4) is 0 Å². The molecule has 0 saturated carbocycles. The normalized spacial score (nSPS) is 20.3. The molecule has 88 valence electrons. The van der Waals surface area contributed by atoms with Crippen LogP contribution in [-0.2, 0) is 9.47 Å². The van der Waals surface area contributed by atoms with Crippen molar-refractivity contribution < 1.29 is 9.47 Å². The molecule has 0 spiro atoms. The number of hydrazine groups is 1. The molecule has 0 aromatic rings. The highest BCUT2D eigenvalue weighted by Crippen LogP contribution is 2.20. The predicted octanol–water partition coefficient (Wildman–Crippen LogP) is 1.19. The summed E-state index contributed by atoms with van der Waals surface area (Å²) in [6.45, 7) is 3.76. The van der Waals surface area contributed by atoms with Crippen LogP contribution in [0.15, 0.2) is 11.8 Å². The molecule has 1 heterocycles. The number of rotatable bonds is 6. The first-order valence-corrected chi connectivity index (χ1v) is 5.53. The summed E-state index contributed by atoms with van der Waals surface area (Å²) in [7, 11) is 1.73. The molecule has 0 aliphatic carbocycles. The zero-order valence-corrected chi connectivity index (χ0v) is 9.66. The Morgan fingerprint density at radius 2 is 2.47 bits per heavy atom. The second kappa shape index (κ2) is 6.82. The Kier molecular flexibility index (Phi) is 5.68. The van der Waals surface area contributed by atoms with Crippen molar-refractivity contribution in [3.05, 3.63) is 11.8 Å². The zero-order chi connectivity index (χ0) is 11.1. The molecule has 1 rings (SSSR count). The van der Waals surface area contributed by atoms with Crippen molar-refractivity contribution >= 4 is 0 Å². The lowest BCUT2D eigenvalue weighted by Crippen LogP contribution is -2.39. The summed E-state index contributed by atoms with van der Waals surface area (Å²) < 4.78 is 10.4. The van der Waals surface area contributed by atoms with Gasteiger partial charge in [-0.25, -0.2) is 0 Å². The maximum Gasteiger partial charge on any atom is 0.0876 e. The largest absolute Gasteiger partial charge is 0.501 e. The second-order valence-corrected chi connectivity index (χ2v) is 4.18. The van der Waals surface area contributed by atoms with Gasteiger partial charge in [0.25, 0.3) is 0 Å². The Hall–Kier alpha value is -0.580. The third-order valence-corrected chi connectivity index (χ3v) is 2.70. The highest BCUT2D eigenvalue weighted by atomic mass is 16.5. The van der Waals surface area contributed by atoms with Crippen molar-refractivity contribution in [3.63, 3.8) is 0 Å². The van der Waals surface area contributed by atoms with Crippen molar-refractivity contribution in [2.75, 3.05) is 20.3 Å². The summed E-state index contributed by atoms with van der Waals surface area (Å²) in [6.07, 6.45) is 5.00. The van der Waals surface area contributed by atoms with E-state index in [1.54, 1.807) is 7.11 Å². The topological polar surface area (TPSA) is 56.5 Å². The van der Waals surface area contributed by atoms with Gasteiger partial charge in [-0.05, 0) is 30.8 Å². The average Bonchev–Trinajstić information content (AvgIpc) is 2.27. The van der Waals surface area contributed by atoms with Gasteiger partial charge in [-0.1, -0.05) is 6.92 Å². The van der Waals surface area contributed by atoms with Crippen LogP contribution in [0, 0.1) is 5.92 Å².